The number of nitrogens with one attached hydrogen (secondary N) is 1. The van der Waals surface area contributed by atoms with E-state index in [0.717, 1.165) is 6.07 Å². The molecule has 0 atom stereocenters. The molecule has 0 saturated carbocycles. The highest BCUT2D eigenvalue weighted by atomic mass is 35.5. The van der Waals surface area contributed by atoms with Crippen LogP contribution in [0.1, 0.15) is 16.8 Å². The van der Waals surface area contributed by atoms with Gasteiger partial charge in [-0.25, -0.2) is 4.39 Å². The van der Waals surface area contributed by atoms with Gasteiger partial charge in [-0.2, -0.15) is 0 Å². The standard InChI is InChI=1S/C12H12ClFN2O2/c13-10-7-8(14)1-2-9(10)12(18)16-5-3-11(17)15-4-6-16/h1-2,7H,3-6H2,(H,15,17). The van der Waals surface area contributed by atoms with Gasteiger partial charge in [-0.1, -0.05) is 11.6 Å². The maximum Gasteiger partial charge on any atom is 0.255 e. The monoisotopic (exact) mass is 270 g/mol. The second-order valence-corrected chi connectivity index (χ2v) is 4.42. The van der Waals surface area contributed by atoms with Crippen LogP contribution in [0.5, 0.6) is 0 Å². The number of rotatable bonds is 1. The van der Waals surface area contributed by atoms with Crippen LogP contribution in [0.2, 0.25) is 5.02 Å². The lowest BCUT2D eigenvalue weighted by molar-refractivity contribution is -0.120. The quantitative estimate of drug-likeness (QED) is 0.840. The molecule has 1 fully saturated rings. The van der Waals surface area contributed by atoms with E-state index >= 15 is 0 Å². The molecule has 0 aromatic heterocycles. The third-order valence-electron chi connectivity index (χ3n) is 2.76. The van der Waals surface area contributed by atoms with Gasteiger partial charge in [0.05, 0.1) is 10.6 Å². The fourth-order valence-corrected chi connectivity index (χ4v) is 2.05. The lowest BCUT2D eigenvalue weighted by Crippen LogP contribution is -2.34. The van der Waals surface area contributed by atoms with Crippen molar-refractivity contribution < 1.29 is 14.0 Å². The molecule has 4 nitrogen and oxygen atoms in total. The maximum atomic E-state index is 12.9. The SMILES string of the molecule is O=C1CCN(C(=O)c2ccc(F)cc2Cl)CCN1. The molecule has 1 heterocycles. The predicted octanol–water partition coefficient (Wildman–Crippen LogP) is 1.44. The summed E-state index contributed by atoms with van der Waals surface area (Å²) in [6.45, 7) is 1.19. The van der Waals surface area contributed by atoms with Gasteiger partial charge in [-0.3, -0.25) is 9.59 Å². The van der Waals surface area contributed by atoms with Crippen molar-refractivity contribution in [3.63, 3.8) is 0 Å². The first-order chi connectivity index (χ1) is 8.58. The van der Waals surface area contributed by atoms with Gasteiger partial charge >= 0.3 is 0 Å². The molecule has 0 aliphatic carbocycles. The molecule has 1 saturated heterocycles. The minimum Gasteiger partial charge on any atom is -0.354 e. The summed E-state index contributed by atoms with van der Waals surface area (Å²) < 4.78 is 12.9. The predicted molar refractivity (Wildman–Crippen MR) is 64.9 cm³/mol. The van der Waals surface area contributed by atoms with Crippen molar-refractivity contribution in [1.29, 1.82) is 0 Å². The highest BCUT2D eigenvalue weighted by Gasteiger charge is 2.21. The van der Waals surface area contributed by atoms with Crippen LogP contribution in [-0.4, -0.2) is 36.3 Å². The first kappa shape index (κ1) is 12.8. The summed E-state index contributed by atoms with van der Waals surface area (Å²) in [5.74, 6) is -0.837. The van der Waals surface area contributed by atoms with Crippen molar-refractivity contribution in [2.24, 2.45) is 0 Å². The number of nitrogens with zero attached hydrogens (tertiary/aromatic N) is 1. The summed E-state index contributed by atoms with van der Waals surface area (Å²) in [6.07, 6.45) is 0.268. The molecular formula is C12H12ClFN2O2. The van der Waals surface area contributed by atoms with E-state index in [2.05, 4.69) is 5.32 Å². The molecule has 0 unspecified atom stereocenters. The molecule has 0 radical (unpaired) electrons. The van der Waals surface area contributed by atoms with E-state index in [1.54, 1.807) is 0 Å². The molecule has 1 aromatic carbocycles. The van der Waals surface area contributed by atoms with Crippen molar-refractivity contribution in [2.75, 3.05) is 19.6 Å². The van der Waals surface area contributed by atoms with Crippen LogP contribution in [0.3, 0.4) is 0 Å². The zero-order valence-electron chi connectivity index (χ0n) is 9.58. The Labute approximate surface area is 109 Å². The van der Waals surface area contributed by atoms with Gasteiger partial charge < -0.3 is 10.2 Å². The van der Waals surface area contributed by atoms with Crippen LogP contribution in [0, 0.1) is 5.82 Å². The highest BCUT2D eigenvalue weighted by molar-refractivity contribution is 6.33. The average molecular weight is 271 g/mol. The topological polar surface area (TPSA) is 49.4 Å². The fourth-order valence-electron chi connectivity index (χ4n) is 1.80. The Hall–Kier alpha value is -1.62. The number of carbonyl (C=O) groups excluding carboxylic acids is 2. The van der Waals surface area contributed by atoms with Crippen LogP contribution >= 0.6 is 11.6 Å². The van der Waals surface area contributed by atoms with Crippen molar-refractivity contribution in [1.82, 2.24) is 10.2 Å². The normalized spacial score (nSPS) is 16.1. The number of hydrogen-bond donors (Lipinski definition) is 1. The zero-order valence-corrected chi connectivity index (χ0v) is 10.3. The van der Waals surface area contributed by atoms with E-state index in [-0.39, 0.29) is 28.8 Å². The van der Waals surface area contributed by atoms with Gasteiger partial charge in [0.15, 0.2) is 0 Å². The Morgan fingerprint density at radius 1 is 1.39 bits per heavy atom. The molecule has 1 N–H and O–H groups in total. The second kappa shape index (κ2) is 5.35. The van der Waals surface area contributed by atoms with Gasteiger partial charge in [0.1, 0.15) is 5.82 Å². The van der Waals surface area contributed by atoms with Crippen LogP contribution in [0.15, 0.2) is 18.2 Å². The maximum absolute atomic E-state index is 12.9. The Kier molecular flexibility index (Phi) is 3.81. The van der Waals surface area contributed by atoms with Gasteiger partial charge in [0.2, 0.25) is 5.91 Å². The van der Waals surface area contributed by atoms with Gasteiger partial charge in [-0.15, -0.1) is 0 Å². The number of halogens is 2. The Bertz CT molecular complexity index is 493. The van der Waals surface area contributed by atoms with Crippen molar-refractivity contribution >= 4 is 23.4 Å². The van der Waals surface area contributed by atoms with E-state index in [1.807, 2.05) is 0 Å². The molecule has 18 heavy (non-hydrogen) atoms. The smallest absolute Gasteiger partial charge is 0.255 e. The largest absolute Gasteiger partial charge is 0.354 e. The second-order valence-electron chi connectivity index (χ2n) is 4.02. The minimum absolute atomic E-state index is 0.0736. The number of hydrogen-bond acceptors (Lipinski definition) is 2. The summed E-state index contributed by atoms with van der Waals surface area (Å²) in [5, 5.41) is 2.77. The summed E-state index contributed by atoms with van der Waals surface area (Å²) in [6, 6.07) is 3.66. The van der Waals surface area contributed by atoms with Gasteiger partial charge in [0.25, 0.3) is 5.91 Å². The lowest BCUT2D eigenvalue weighted by Gasteiger charge is -2.20. The molecule has 1 aromatic rings. The molecule has 0 bridgehead atoms. The summed E-state index contributed by atoms with van der Waals surface area (Å²) >= 11 is 5.84. The van der Waals surface area contributed by atoms with Gasteiger partial charge in [-0.05, 0) is 18.2 Å². The average Bonchev–Trinajstić information content (AvgIpc) is 2.53. The van der Waals surface area contributed by atoms with Crippen LogP contribution < -0.4 is 5.32 Å². The van der Waals surface area contributed by atoms with E-state index in [1.165, 1.54) is 17.0 Å². The third kappa shape index (κ3) is 2.79. The van der Waals surface area contributed by atoms with Crippen molar-refractivity contribution in [3.05, 3.63) is 34.6 Å². The van der Waals surface area contributed by atoms with Gasteiger partial charge in [0, 0.05) is 26.1 Å². The molecule has 6 heteroatoms. The Balaban J connectivity index is 2.17. The highest BCUT2D eigenvalue weighted by Crippen LogP contribution is 2.19. The summed E-state index contributed by atoms with van der Waals surface area (Å²) in [5.41, 5.74) is 0.257. The zero-order chi connectivity index (χ0) is 13.1. The molecule has 0 spiro atoms. The fraction of sp³-hybridized carbons (Fsp3) is 0.333. The first-order valence-electron chi connectivity index (χ1n) is 5.59. The van der Waals surface area contributed by atoms with Crippen molar-refractivity contribution in [2.45, 2.75) is 6.42 Å². The van der Waals surface area contributed by atoms with E-state index in [0.29, 0.717) is 19.6 Å². The molecule has 96 valence electrons. The molecule has 2 rings (SSSR count). The van der Waals surface area contributed by atoms with Crippen LogP contribution in [0.25, 0.3) is 0 Å². The molecular weight excluding hydrogens is 259 g/mol. The number of benzene rings is 1. The first-order valence-corrected chi connectivity index (χ1v) is 5.97. The lowest BCUT2D eigenvalue weighted by atomic mass is 10.2. The Morgan fingerprint density at radius 2 is 2.17 bits per heavy atom. The van der Waals surface area contributed by atoms with E-state index in [9.17, 15) is 14.0 Å². The van der Waals surface area contributed by atoms with E-state index in [4.69, 9.17) is 11.6 Å². The van der Waals surface area contributed by atoms with E-state index < -0.39 is 5.82 Å². The molecule has 2 amide bonds. The van der Waals surface area contributed by atoms with Crippen LogP contribution in [-0.2, 0) is 4.79 Å². The molecule has 1 aliphatic rings. The molecule has 1 aliphatic heterocycles. The summed E-state index contributed by atoms with van der Waals surface area (Å²) in [7, 11) is 0. The van der Waals surface area contributed by atoms with Crippen LogP contribution in [0.4, 0.5) is 4.39 Å². The summed E-state index contributed by atoms with van der Waals surface area (Å²) in [4.78, 5) is 24.9. The minimum atomic E-state index is -0.482. The third-order valence-corrected chi connectivity index (χ3v) is 3.07. The number of carbonyl (C=O) groups is 2. The van der Waals surface area contributed by atoms with Crippen molar-refractivity contribution in [3.8, 4) is 0 Å². The Morgan fingerprint density at radius 3 is 2.89 bits per heavy atom. The number of amides is 2.